The van der Waals surface area contributed by atoms with E-state index >= 15 is 0 Å². The Balaban J connectivity index is 0. The highest BCUT2D eigenvalue weighted by Gasteiger charge is 2.04. The lowest BCUT2D eigenvalue weighted by Gasteiger charge is -2.12. The summed E-state index contributed by atoms with van der Waals surface area (Å²) >= 11 is 0. The van der Waals surface area contributed by atoms with Gasteiger partial charge in [0.05, 0.1) is 0 Å². The molecule has 0 unspecified atom stereocenters. The van der Waals surface area contributed by atoms with Gasteiger partial charge < -0.3 is 4.74 Å². The highest BCUT2D eigenvalue weighted by Crippen LogP contribution is 2.25. The second-order valence-electron chi connectivity index (χ2n) is 2.44. The molecule has 0 radical (unpaired) electrons. The summed E-state index contributed by atoms with van der Waals surface area (Å²) in [7, 11) is 0. The summed E-state index contributed by atoms with van der Waals surface area (Å²) in [6.45, 7) is 15.7. The first-order chi connectivity index (χ1) is 8.36. The minimum atomic E-state index is 0.698. The van der Waals surface area contributed by atoms with Gasteiger partial charge in [-0.25, -0.2) is 0 Å². The van der Waals surface area contributed by atoms with Crippen LogP contribution in [0.15, 0.2) is 42.7 Å². The van der Waals surface area contributed by atoms with Crippen LogP contribution < -0.4 is 4.74 Å². The number of benzene rings is 1. The Kier molecular flexibility index (Phi) is 13.2. The van der Waals surface area contributed by atoms with Crippen molar-refractivity contribution in [1.29, 1.82) is 0 Å². The summed E-state index contributed by atoms with van der Waals surface area (Å²) in [4.78, 5) is 0. The summed E-state index contributed by atoms with van der Waals surface area (Å²) in [6, 6.07) is 7.88. The van der Waals surface area contributed by atoms with Crippen molar-refractivity contribution < 1.29 is 4.74 Å². The molecule has 96 valence electrons. The average Bonchev–Trinajstić information content (AvgIpc) is 2.45. The molecule has 0 aliphatic carbocycles. The zero-order valence-corrected chi connectivity index (χ0v) is 12.1. The standard InChI is InChI=1S/C10H8O.3C2H6/c1-8-6-7-9-4-2-3-5-10(9)11-8;3*1-2/h2-7H,1H2;3*1-2H3. The Bertz CT molecular complexity index is 324. The Morgan fingerprint density at radius 1 is 0.824 bits per heavy atom. The second-order valence-corrected chi connectivity index (χ2v) is 2.44. The van der Waals surface area contributed by atoms with Crippen molar-refractivity contribution in [2.45, 2.75) is 41.5 Å². The average molecular weight is 234 g/mol. The monoisotopic (exact) mass is 234 g/mol. The lowest BCUT2D eigenvalue weighted by molar-refractivity contribution is 0.442. The molecule has 0 N–H and O–H groups in total. The smallest absolute Gasteiger partial charge is 0.134 e. The first-order valence-electron chi connectivity index (χ1n) is 6.50. The van der Waals surface area contributed by atoms with Crippen molar-refractivity contribution in [2.24, 2.45) is 0 Å². The molecule has 1 aromatic rings. The third kappa shape index (κ3) is 6.62. The Labute approximate surface area is 107 Å². The molecule has 0 aromatic heterocycles. The van der Waals surface area contributed by atoms with Crippen LogP contribution >= 0.6 is 0 Å². The summed E-state index contributed by atoms with van der Waals surface area (Å²) < 4.78 is 5.35. The van der Waals surface area contributed by atoms with Crippen molar-refractivity contribution in [2.75, 3.05) is 0 Å². The fourth-order valence-electron chi connectivity index (χ4n) is 1.07. The van der Waals surface area contributed by atoms with Gasteiger partial charge in [0.2, 0.25) is 0 Å². The molecule has 0 saturated heterocycles. The number of hydrogen-bond donors (Lipinski definition) is 0. The fraction of sp³-hybridized carbons (Fsp3) is 0.375. The van der Waals surface area contributed by atoms with Crippen LogP contribution in [0.3, 0.4) is 0 Å². The van der Waals surface area contributed by atoms with Crippen LogP contribution in [0, 0.1) is 0 Å². The molecule has 0 atom stereocenters. The molecule has 1 aromatic carbocycles. The van der Waals surface area contributed by atoms with Gasteiger partial charge in [0.25, 0.3) is 0 Å². The number of ether oxygens (including phenoxy) is 1. The Morgan fingerprint density at radius 2 is 1.35 bits per heavy atom. The maximum atomic E-state index is 5.35. The second kappa shape index (κ2) is 12.6. The molecule has 0 saturated carbocycles. The number of para-hydroxylation sites is 1. The van der Waals surface area contributed by atoms with Gasteiger partial charge in [-0.3, -0.25) is 0 Å². The van der Waals surface area contributed by atoms with E-state index in [0.29, 0.717) is 5.76 Å². The molecule has 1 heteroatoms. The molecule has 0 amide bonds. The Hall–Kier alpha value is -1.50. The van der Waals surface area contributed by atoms with Crippen molar-refractivity contribution in [3.8, 4) is 5.75 Å². The minimum absolute atomic E-state index is 0.698. The molecule has 1 heterocycles. The summed E-state index contributed by atoms with van der Waals surface area (Å²) in [6.07, 6.45) is 3.86. The summed E-state index contributed by atoms with van der Waals surface area (Å²) in [5, 5.41) is 0. The van der Waals surface area contributed by atoms with Crippen LogP contribution in [0.5, 0.6) is 5.75 Å². The molecular weight excluding hydrogens is 208 g/mol. The van der Waals surface area contributed by atoms with Gasteiger partial charge in [-0.1, -0.05) is 66.3 Å². The van der Waals surface area contributed by atoms with Gasteiger partial charge in [0, 0.05) is 5.56 Å². The predicted molar refractivity (Wildman–Crippen MR) is 79.3 cm³/mol. The first-order valence-corrected chi connectivity index (χ1v) is 6.50. The van der Waals surface area contributed by atoms with Crippen LogP contribution in [-0.2, 0) is 0 Å². The van der Waals surface area contributed by atoms with Gasteiger partial charge in [-0.2, -0.15) is 0 Å². The van der Waals surface area contributed by atoms with Crippen LogP contribution in [-0.4, -0.2) is 0 Å². The number of hydrogen-bond acceptors (Lipinski definition) is 1. The Morgan fingerprint density at radius 3 is 1.94 bits per heavy atom. The van der Waals surface area contributed by atoms with E-state index in [1.807, 2.05) is 78.0 Å². The minimum Gasteiger partial charge on any atom is -0.457 e. The third-order valence-corrected chi connectivity index (χ3v) is 1.61. The van der Waals surface area contributed by atoms with Crippen LogP contribution in [0.2, 0.25) is 0 Å². The highest BCUT2D eigenvalue weighted by molar-refractivity contribution is 5.62. The number of allylic oxidation sites excluding steroid dienone is 1. The maximum absolute atomic E-state index is 5.35. The van der Waals surface area contributed by atoms with Crippen molar-refractivity contribution in [3.63, 3.8) is 0 Å². The lowest BCUT2D eigenvalue weighted by atomic mass is 10.1. The molecule has 1 aliphatic rings. The number of fused-ring (bicyclic) bond motifs is 1. The molecule has 0 fully saturated rings. The fourth-order valence-corrected chi connectivity index (χ4v) is 1.07. The first kappa shape index (κ1) is 17.9. The van der Waals surface area contributed by atoms with Crippen molar-refractivity contribution in [1.82, 2.24) is 0 Å². The number of rotatable bonds is 0. The molecular formula is C16H26O. The van der Waals surface area contributed by atoms with Crippen LogP contribution in [0.4, 0.5) is 0 Å². The van der Waals surface area contributed by atoms with Crippen LogP contribution in [0.1, 0.15) is 47.1 Å². The van der Waals surface area contributed by atoms with E-state index in [1.165, 1.54) is 0 Å². The molecule has 1 nitrogen and oxygen atoms in total. The van der Waals surface area contributed by atoms with Gasteiger partial charge in [-0.05, 0) is 18.2 Å². The zero-order valence-electron chi connectivity index (χ0n) is 12.1. The van der Waals surface area contributed by atoms with Gasteiger partial charge in [0.1, 0.15) is 11.5 Å². The zero-order chi connectivity index (χ0) is 13.7. The predicted octanol–water partition coefficient (Wildman–Crippen LogP) is 5.68. The van der Waals surface area contributed by atoms with E-state index in [9.17, 15) is 0 Å². The SMILES string of the molecule is C=C1C=Cc2ccccc2O1.CC.CC.CC. The van der Waals surface area contributed by atoms with Gasteiger partial charge in [0.15, 0.2) is 0 Å². The molecule has 1 aliphatic heterocycles. The van der Waals surface area contributed by atoms with E-state index in [0.717, 1.165) is 11.3 Å². The molecule has 2 rings (SSSR count). The summed E-state index contributed by atoms with van der Waals surface area (Å²) in [5.41, 5.74) is 1.11. The quantitative estimate of drug-likeness (QED) is 0.560. The topological polar surface area (TPSA) is 9.23 Å². The third-order valence-electron chi connectivity index (χ3n) is 1.61. The van der Waals surface area contributed by atoms with E-state index < -0.39 is 0 Å². The molecule has 0 bridgehead atoms. The van der Waals surface area contributed by atoms with E-state index in [4.69, 9.17) is 4.74 Å². The van der Waals surface area contributed by atoms with Gasteiger partial charge >= 0.3 is 0 Å². The van der Waals surface area contributed by atoms with E-state index in [2.05, 4.69) is 6.58 Å². The lowest BCUT2D eigenvalue weighted by Crippen LogP contribution is -1.96. The van der Waals surface area contributed by atoms with Crippen molar-refractivity contribution >= 4 is 6.08 Å². The largest absolute Gasteiger partial charge is 0.457 e. The van der Waals surface area contributed by atoms with E-state index in [-0.39, 0.29) is 0 Å². The molecule has 0 spiro atoms. The molecule has 17 heavy (non-hydrogen) atoms. The highest BCUT2D eigenvalue weighted by atomic mass is 16.5. The van der Waals surface area contributed by atoms with E-state index in [1.54, 1.807) is 0 Å². The maximum Gasteiger partial charge on any atom is 0.134 e. The summed E-state index contributed by atoms with van der Waals surface area (Å²) in [5.74, 6) is 1.59. The van der Waals surface area contributed by atoms with Gasteiger partial charge in [-0.15, -0.1) is 0 Å². The van der Waals surface area contributed by atoms with Crippen LogP contribution in [0.25, 0.3) is 6.08 Å². The van der Waals surface area contributed by atoms with Crippen molar-refractivity contribution in [3.05, 3.63) is 48.2 Å². The normalized spacial score (nSPS) is 10.1.